The van der Waals surface area contributed by atoms with Gasteiger partial charge >= 0.3 is 11.9 Å². The van der Waals surface area contributed by atoms with E-state index in [1.54, 1.807) is 57.2 Å². The van der Waals surface area contributed by atoms with Crippen molar-refractivity contribution in [2.75, 3.05) is 26.4 Å². The van der Waals surface area contributed by atoms with Gasteiger partial charge in [0.25, 0.3) is 5.56 Å². The Labute approximate surface area is 233 Å². The Balaban J connectivity index is 1.79. The minimum Gasteiger partial charge on any atom is -0.490 e. The van der Waals surface area contributed by atoms with Gasteiger partial charge in [-0.05, 0) is 69.2 Å². The molecule has 210 valence electrons. The van der Waals surface area contributed by atoms with Gasteiger partial charge in [-0.25, -0.2) is 19.0 Å². The molecule has 2 heterocycles. The van der Waals surface area contributed by atoms with Gasteiger partial charge in [0.05, 0.1) is 41.7 Å². The molecule has 0 saturated carbocycles. The van der Waals surface area contributed by atoms with Gasteiger partial charge in [0, 0.05) is 0 Å². The molecule has 0 saturated heterocycles. The standard InChI is InChI=1S/C29H29FN2O7S/c1-5-36-22-14-18(8-13-21(22)39-16-24(33)37-6-2)15-23-27(34)32-26(19-9-11-20(30)12-10-19)25(28(35)38-7-3)17(4)31-29(32)40-23/h8-15,26H,5-7,16H2,1-4H3/b23-15-/t26-/m1/s1. The summed E-state index contributed by atoms with van der Waals surface area (Å²) in [6.45, 7) is 7.40. The molecule has 0 bridgehead atoms. The van der Waals surface area contributed by atoms with Crippen LogP contribution < -0.4 is 24.4 Å². The molecule has 9 nitrogen and oxygen atoms in total. The summed E-state index contributed by atoms with van der Waals surface area (Å²) in [5.41, 5.74) is 1.47. The number of aromatic nitrogens is 1. The maximum Gasteiger partial charge on any atom is 0.344 e. The van der Waals surface area contributed by atoms with Crippen LogP contribution in [0.3, 0.4) is 0 Å². The molecule has 0 unspecified atom stereocenters. The fourth-order valence-electron chi connectivity index (χ4n) is 4.24. The molecule has 0 amide bonds. The number of rotatable bonds is 10. The van der Waals surface area contributed by atoms with Crippen LogP contribution in [-0.4, -0.2) is 42.9 Å². The van der Waals surface area contributed by atoms with Crippen LogP contribution in [0.4, 0.5) is 4.39 Å². The van der Waals surface area contributed by atoms with Crippen LogP contribution >= 0.6 is 11.3 Å². The van der Waals surface area contributed by atoms with E-state index in [1.165, 1.54) is 28.0 Å². The van der Waals surface area contributed by atoms with Crippen molar-refractivity contribution in [3.8, 4) is 11.5 Å². The normalized spacial score (nSPS) is 14.8. The average molecular weight is 569 g/mol. The van der Waals surface area contributed by atoms with Crippen LogP contribution in [0.15, 0.2) is 63.5 Å². The number of fused-ring (bicyclic) bond motifs is 1. The molecular weight excluding hydrogens is 539 g/mol. The molecule has 40 heavy (non-hydrogen) atoms. The molecule has 0 fully saturated rings. The zero-order chi connectivity index (χ0) is 28.8. The number of ether oxygens (including phenoxy) is 4. The van der Waals surface area contributed by atoms with Crippen molar-refractivity contribution in [1.82, 2.24) is 4.57 Å². The van der Waals surface area contributed by atoms with Gasteiger partial charge in [-0.15, -0.1) is 0 Å². The summed E-state index contributed by atoms with van der Waals surface area (Å²) in [6, 6.07) is 9.89. The first kappa shape index (κ1) is 28.8. The first-order chi connectivity index (χ1) is 19.3. The highest BCUT2D eigenvalue weighted by molar-refractivity contribution is 7.07. The molecule has 1 aliphatic rings. The van der Waals surface area contributed by atoms with E-state index in [-0.39, 0.29) is 31.0 Å². The van der Waals surface area contributed by atoms with E-state index in [4.69, 9.17) is 18.9 Å². The van der Waals surface area contributed by atoms with Gasteiger partial charge in [-0.3, -0.25) is 9.36 Å². The van der Waals surface area contributed by atoms with E-state index in [9.17, 15) is 18.8 Å². The highest BCUT2D eigenvalue weighted by Gasteiger charge is 2.33. The van der Waals surface area contributed by atoms with Crippen LogP contribution in [-0.2, 0) is 19.1 Å². The Morgan fingerprint density at radius 1 is 1.00 bits per heavy atom. The van der Waals surface area contributed by atoms with E-state index in [2.05, 4.69) is 4.99 Å². The fourth-order valence-corrected chi connectivity index (χ4v) is 5.29. The first-order valence-electron chi connectivity index (χ1n) is 12.8. The fraction of sp³-hybridized carbons (Fsp3) is 0.310. The maximum atomic E-state index is 13.7. The van der Waals surface area contributed by atoms with Crippen LogP contribution in [0.2, 0.25) is 0 Å². The minimum absolute atomic E-state index is 0.151. The predicted molar refractivity (Wildman–Crippen MR) is 147 cm³/mol. The molecule has 4 rings (SSSR count). The lowest BCUT2D eigenvalue weighted by Gasteiger charge is -2.24. The Morgan fingerprint density at radius 3 is 2.40 bits per heavy atom. The number of nitrogens with zero attached hydrogens (tertiary/aromatic N) is 2. The van der Waals surface area contributed by atoms with Crippen LogP contribution in [0.25, 0.3) is 6.08 Å². The zero-order valence-corrected chi connectivity index (χ0v) is 23.4. The summed E-state index contributed by atoms with van der Waals surface area (Å²) in [5.74, 6) is -0.762. The molecule has 0 radical (unpaired) electrons. The molecular formula is C29H29FN2O7S. The Bertz CT molecular complexity index is 1620. The summed E-state index contributed by atoms with van der Waals surface area (Å²) in [7, 11) is 0. The molecule has 0 N–H and O–H groups in total. The first-order valence-corrected chi connectivity index (χ1v) is 13.6. The van der Waals surface area contributed by atoms with E-state index >= 15 is 0 Å². The molecule has 3 aromatic rings. The number of esters is 2. The van der Waals surface area contributed by atoms with Crippen molar-refractivity contribution in [2.24, 2.45) is 4.99 Å². The third-order valence-corrected chi connectivity index (χ3v) is 6.90. The molecule has 2 aromatic carbocycles. The van der Waals surface area contributed by atoms with Crippen LogP contribution in [0, 0.1) is 5.82 Å². The largest absolute Gasteiger partial charge is 0.490 e. The smallest absolute Gasteiger partial charge is 0.344 e. The number of hydrogen-bond donors (Lipinski definition) is 0. The van der Waals surface area contributed by atoms with Crippen LogP contribution in [0.5, 0.6) is 11.5 Å². The Morgan fingerprint density at radius 2 is 1.73 bits per heavy atom. The number of carbonyl (C=O) groups excluding carboxylic acids is 2. The quantitative estimate of drug-likeness (QED) is 0.346. The minimum atomic E-state index is -0.837. The lowest BCUT2D eigenvalue weighted by molar-refractivity contribution is -0.145. The number of thiazole rings is 1. The molecule has 1 aromatic heterocycles. The molecule has 11 heteroatoms. The van der Waals surface area contributed by atoms with E-state index in [0.29, 0.717) is 44.3 Å². The van der Waals surface area contributed by atoms with Crippen molar-refractivity contribution in [2.45, 2.75) is 33.7 Å². The van der Waals surface area contributed by atoms with Crippen molar-refractivity contribution in [3.63, 3.8) is 0 Å². The van der Waals surface area contributed by atoms with E-state index < -0.39 is 23.8 Å². The summed E-state index contributed by atoms with van der Waals surface area (Å²) in [6.07, 6.45) is 1.69. The third kappa shape index (κ3) is 6.15. The lowest BCUT2D eigenvalue weighted by atomic mass is 9.96. The van der Waals surface area contributed by atoms with Crippen LogP contribution in [0.1, 0.15) is 44.9 Å². The summed E-state index contributed by atoms with van der Waals surface area (Å²) in [4.78, 5) is 43.3. The van der Waals surface area contributed by atoms with Gasteiger partial charge in [0.2, 0.25) is 0 Å². The summed E-state index contributed by atoms with van der Waals surface area (Å²) in [5, 5.41) is 0. The van der Waals surface area contributed by atoms with E-state index in [1.807, 2.05) is 6.92 Å². The number of carbonyl (C=O) groups is 2. The Hall–Kier alpha value is -4.25. The van der Waals surface area contributed by atoms with Crippen molar-refractivity contribution in [1.29, 1.82) is 0 Å². The van der Waals surface area contributed by atoms with Gasteiger partial charge in [0.1, 0.15) is 5.82 Å². The van der Waals surface area contributed by atoms with E-state index in [0.717, 1.165) is 0 Å². The number of halogens is 1. The maximum absolute atomic E-state index is 13.7. The number of benzene rings is 2. The average Bonchev–Trinajstić information content (AvgIpc) is 3.22. The van der Waals surface area contributed by atoms with Crippen molar-refractivity contribution in [3.05, 3.63) is 90.4 Å². The number of allylic oxidation sites excluding steroid dienone is 1. The highest BCUT2D eigenvalue weighted by Crippen LogP contribution is 2.31. The zero-order valence-electron chi connectivity index (χ0n) is 22.6. The van der Waals surface area contributed by atoms with Gasteiger partial charge in [-0.1, -0.05) is 29.5 Å². The monoisotopic (exact) mass is 568 g/mol. The topological polar surface area (TPSA) is 105 Å². The van der Waals surface area contributed by atoms with Gasteiger partial charge in [0.15, 0.2) is 22.9 Å². The van der Waals surface area contributed by atoms with Gasteiger partial charge < -0.3 is 18.9 Å². The second-order valence-electron chi connectivity index (χ2n) is 8.59. The molecule has 0 aliphatic carbocycles. The van der Waals surface area contributed by atoms with Gasteiger partial charge in [-0.2, -0.15) is 0 Å². The number of hydrogen-bond acceptors (Lipinski definition) is 9. The second kappa shape index (κ2) is 12.7. The molecule has 1 aliphatic heterocycles. The predicted octanol–water partition coefficient (Wildman–Crippen LogP) is 3.28. The lowest BCUT2D eigenvalue weighted by Crippen LogP contribution is -2.39. The van der Waals surface area contributed by atoms with Crippen molar-refractivity contribution < 1.29 is 32.9 Å². The SMILES string of the molecule is CCOC(=O)COc1ccc(/C=c2\sc3n(c2=O)[C@H](c2ccc(F)cc2)C(C(=O)OCC)=C(C)N=3)cc1OCC. The highest BCUT2D eigenvalue weighted by atomic mass is 32.1. The van der Waals surface area contributed by atoms with Crippen molar-refractivity contribution >= 4 is 29.4 Å². The molecule has 0 spiro atoms. The molecule has 1 atom stereocenters. The second-order valence-corrected chi connectivity index (χ2v) is 9.60. The Kier molecular flexibility index (Phi) is 9.15. The third-order valence-electron chi connectivity index (χ3n) is 5.92. The summed E-state index contributed by atoms with van der Waals surface area (Å²) >= 11 is 1.17. The summed E-state index contributed by atoms with van der Waals surface area (Å²) < 4.78 is 37.0.